The Morgan fingerprint density at radius 2 is 2.14 bits per heavy atom. The van der Waals surface area contributed by atoms with Crippen molar-refractivity contribution in [3.63, 3.8) is 0 Å². The van der Waals surface area contributed by atoms with Crippen molar-refractivity contribution in [2.45, 2.75) is 39.3 Å². The van der Waals surface area contributed by atoms with Crippen LogP contribution in [0.3, 0.4) is 0 Å². The van der Waals surface area contributed by atoms with Gasteiger partial charge in [-0.05, 0) is 31.5 Å². The van der Waals surface area contributed by atoms with E-state index >= 15 is 0 Å². The molecular weight excluding hydrogens is 278 g/mol. The molecule has 1 aliphatic carbocycles. The lowest BCUT2D eigenvalue weighted by atomic mass is 9.57. The average molecular weight is 299 g/mol. The van der Waals surface area contributed by atoms with Gasteiger partial charge < -0.3 is 10.1 Å². The third-order valence-corrected chi connectivity index (χ3v) is 5.01. The second-order valence-electron chi connectivity index (χ2n) is 6.87. The maximum atomic E-state index is 5.83. The first kappa shape index (κ1) is 13.7. The third kappa shape index (κ3) is 2.01. The minimum atomic E-state index is 0.139. The zero-order valence-corrected chi connectivity index (χ0v) is 13.2. The van der Waals surface area contributed by atoms with Crippen molar-refractivity contribution < 1.29 is 4.74 Å². The molecule has 0 radical (unpaired) electrons. The van der Waals surface area contributed by atoms with E-state index in [2.05, 4.69) is 34.5 Å². The van der Waals surface area contributed by atoms with E-state index < -0.39 is 0 Å². The minimum absolute atomic E-state index is 0.139. The minimum Gasteiger partial charge on any atom is -0.377 e. The van der Waals surface area contributed by atoms with E-state index in [0.717, 1.165) is 30.4 Å². The predicted molar refractivity (Wildman–Crippen MR) is 82.9 cm³/mol. The van der Waals surface area contributed by atoms with E-state index in [1.807, 2.05) is 31.3 Å². The molecule has 0 bridgehead atoms. The van der Waals surface area contributed by atoms with Gasteiger partial charge in [0.1, 0.15) is 5.82 Å². The standard InChI is InChI=1S/C16H21N5O/c1-10-6-8-21(20-10)13-5-4-12(18-19-13)17-14-11-7-9-22-15(11)16(14,2)3/h4-6,8,11,14-15H,7,9H2,1-3H3,(H,17,18)/t11-,14+,15-/m0/s1. The second-order valence-corrected chi connectivity index (χ2v) is 6.87. The first-order valence-electron chi connectivity index (χ1n) is 7.80. The Hall–Kier alpha value is -1.95. The summed E-state index contributed by atoms with van der Waals surface area (Å²) in [6.07, 6.45) is 3.40. The van der Waals surface area contributed by atoms with Gasteiger partial charge in [0.2, 0.25) is 0 Å². The van der Waals surface area contributed by atoms with Gasteiger partial charge in [-0.15, -0.1) is 10.2 Å². The molecule has 2 aromatic heterocycles. The summed E-state index contributed by atoms with van der Waals surface area (Å²) >= 11 is 0. The molecule has 2 fully saturated rings. The quantitative estimate of drug-likeness (QED) is 0.941. The van der Waals surface area contributed by atoms with Gasteiger partial charge in [0, 0.05) is 30.2 Å². The molecule has 6 heteroatoms. The van der Waals surface area contributed by atoms with Crippen molar-refractivity contribution in [1.29, 1.82) is 0 Å². The number of ether oxygens (including phenoxy) is 1. The summed E-state index contributed by atoms with van der Waals surface area (Å²) in [5.74, 6) is 2.13. The Balaban J connectivity index is 1.50. The molecule has 3 heterocycles. The maximum Gasteiger partial charge on any atom is 0.175 e. The maximum absolute atomic E-state index is 5.83. The van der Waals surface area contributed by atoms with E-state index in [9.17, 15) is 0 Å². The molecule has 1 N–H and O–H groups in total. The fraction of sp³-hybridized carbons (Fsp3) is 0.562. The molecule has 4 rings (SSSR count). The van der Waals surface area contributed by atoms with Gasteiger partial charge in [-0.2, -0.15) is 5.10 Å². The predicted octanol–water partition coefficient (Wildman–Crippen LogP) is 2.20. The summed E-state index contributed by atoms with van der Waals surface area (Å²) in [4.78, 5) is 0. The van der Waals surface area contributed by atoms with Crippen molar-refractivity contribution in [3.05, 3.63) is 30.1 Å². The molecule has 2 aromatic rings. The van der Waals surface area contributed by atoms with E-state index in [4.69, 9.17) is 4.74 Å². The van der Waals surface area contributed by atoms with Crippen molar-refractivity contribution in [2.75, 3.05) is 11.9 Å². The second kappa shape index (κ2) is 4.78. The van der Waals surface area contributed by atoms with Crippen LogP contribution in [0.1, 0.15) is 26.0 Å². The van der Waals surface area contributed by atoms with Crippen LogP contribution in [0, 0.1) is 18.3 Å². The molecule has 2 aliphatic rings. The monoisotopic (exact) mass is 299 g/mol. The molecule has 116 valence electrons. The van der Waals surface area contributed by atoms with Gasteiger partial charge in [0.05, 0.1) is 11.8 Å². The summed E-state index contributed by atoms with van der Waals surface area (Å²) in [7, 11) is 0. The molecule has 1 aliphatic heterocycles. The Kier molecular flexibility index (Phi) is 2.97. The Bertz CT molecular complexity index is 678. The lowest BCUT2D eigenvalue weighted by Gasteiger charge is -2.54. The van der Waals surface area contributed by atoms with Crippen LogP contribution >= 0.6 is 0 Å². The van der Waals surface area contributed by atoms with Gasteiger partial charge in [-0.1, -0.05) is 13.8 Å². The highest BCUT2D eigenvalue weighted by Gasteiger charge is 2.59. The number of nitrogens with one attached hydrogen (secondary N) is 1. The highest BCUT2D eigenvalue weighted by atomic mass is 16.5. The van der Waals surface area contributed by atoms with E-state index in [1.54, 1.807) is 4.68 Å². The first-order chi connectivity index (χ1) is 10.6. The number of rotatable bonds is 3. The molecule has 1 saturated heterocycles. The molecule has 0 aromatic carbocycles. The number of aryl methyl sites for hydroxylation is 1. The highest BCUT2D eigenvalue weighted by Crippen LogP contribution is 2.53. The van der Waals surface area contributed by atoms with Crippen molar-refractivity contribution in [3.8, 4) is 5.82 Å². The van der Waals surface area contributed by atoms with Gasteiger partial charge in [0.25, 0.3) is 0 Å². The number of fused-ring (bicyclic) bond motifs is 1. The van der Waals surface area contributed by atoms with E-state index in [0.29, 0.717) is 18.1 Å². The van der Waals surface area contributed by atoms with Crippen molar-refractivity contribution in [1.82, 2.24) is 20.0 Å². The largest absolute Gasteiger partial charge is 0.377 e. The number of hydrogen-bond acceptors (Lipinski definition) is 5. The summed E-state index contributed by atoms with van der Waals surface area (Å²) in [5.41, 5.74) is 1.10. The number of anilines is 1. The lowest BCUT2D eigenvalue weighted by molar-refractivity contribution is -0.0924. The molecule has 0 amide bonds. The Morgan fingerprint density at radius 3 is 2.82 bits per heavy atom. The van der Waals surface area contributed by atoms with Gasteiger partial charge in [-0.3, -0.25) is 0 Å². The summed E-state index contributed by atoms with van der Waals surface area (Å²) in [6.45, 7) is 7.34. The number of nitrogens with zero attached hydrogens (tertiary/aromatic N) is 4. The van der Waals surface area contributed by atoms with Gasteiger partial charge >= 0.3 is 0 Å². The van der Waals surface area contributed by atoms with Crippen LogP contribution in [0.4, 0.5) is 5.82 Å². The summed E-state index contributed by atoms with van der Waals surface area (Å²) in [6, 6.07) is 6.26. The van der Waals surface area contributed by atoms with Crippen LogP contribution in [0.5, 0.6) is 0 Å². The fourth-order valence-electron chi connectivity index (χ4n) is 3.84. The molecule has 6 nitrogen and oxygen atoms in total. The Morgan fingerprint density at radius 1 is 1.27 bits per heavy atom. The molecule has 22 heavy (non-hydrogen) atoms. The molecule has 3 atom stereocenters. The van der Waals surface area contributed by atoms with Crippen LogP contribution in [0.25, 0.3) is 5.82 Å². The van der Waals surface area contributed by atoms with Crippen LogP contribution in [0.15, 0.2) is 24.4 Å². The van der Waals surface area contributed by atoms with Crippen molar-refractivity contribution in [2.24, 2.45) is 11.3 Å². The lowest BCUT2D eigenvalue weighted by Crippen LogP contribution is -2.63. The topological polar surface area (TPSA) is 64.9 Å². The highest BCUT2D eigenvalue weighted by molar-refractivity contribution is 5.40. The molecule has 0 unspecified atom stereocenters. The third-order valence-electron chi connectivity index (χ3n) is 5.01. The van der Waals surface area contributed by atoms with Crippen LogP contribution in [-0.2, 0) is 4.74 Å². The SMILES string of the molecule is Cc1ccn(-c2ccc(N[C@@H]3[C@@H]4CCO[C@@H]4C3(C)C)nn2)n1. The zero-order chi connectivity index (χ0) is 15.3. The van der Waals surface area contributed by atoms with Gasteiger partial charge in [-0.25, -0.2) is 4.68 Å². The molecule has 1 saturated carbocycles. The number of hydrogen-bond donors (Lipinski definition) is 1. The van der Waals surface area contributed by atoms with Gasteiger partial charge in [0.15, 0.2) is 5.82 Å². The summed E-state index contributed by atoms with van der Waals surface area (Å²) in [5, 5.41) is 16.5. The molecule has 0 spiro atoms. The fourth-order valence-corrected chi connectivity index (χ4v) is 3.84. The van der Waals surface area contributed by atoms with Crippen LogP contribution < -0.4 is 5.32 Å². The zero-order valence-electron chi connectivity index (χ0n) is 13.2. The van der Waals surface area contributed by atoms with Crippen LogP contribution in [-0.4, -0.2) is 38.7 Å². The average Bonchev–Trinajstić information content (AvgIpc) is 3.13. The smallest absolute Gasteiger partial charge is 0.175 e. The van der Waals surface area contributed by atoms with E-state index in [1.165, 1.54) is 0 Å². The van der Waals surface area contributed by atoms with E-state index in [-0.39, 0.29) is 5.41 Å². The molecular formula is C16H21N5O. The number of aromatic nitrogens is 4. The first-order valence-corrected chi connectivity index (χ1v) is 7.80. The van der Waals surface area contributed by atoms with Crippen LogP contribution in [0.2, 0.25) is 0 Å². The normalized spacial score (nSPS) is 29.0. The van der Waals surface area contributed by atoms with Crippen molar-refractivity contribution >= 4 is 5.82 Å². The Labute approximate surface area is 129 Å². The summed E-state index contributed by atoms with van der Waals surface area (Å²) < 4.78 is 7.56.